The van der Waals surface area contributed by atoms with Gasteiger partial charge in [-0.2, -0.15) is 5.10 Å². The van der Waals surface area contributed by atoms with Gasteiger partial charge in [0.15, 0.2) is 5.82 Å². The molecule has 0 spiro atoms. The first-order valence-corrected chi connectivity index (χ1v) is 4.89. The molecule has 0 radical (unpaired) electrons. The van der Waals surface area contributed by atoms with E-state index in [2.05, 4.69) is 15.5 Å². The van der Waals surface area contributed by atoms with Crippen molar-refractivity contribution >= 4 is 11.8 Å². The van der Waals surface area contributed by atoms with Gasteiger partial charge in [0, 0.05) is 6.54 Å². The van der Waals surface area contributed by atoms with Crippen LogP contribution in [0, 0.1) is 13.8 Å². The van der Waals surface area contributed by atoms with Crippen molar-refractivity contribution in [1.29, 1.82) is 0 Å². The van der Waals surface area contributed by atoms with Crippen LogP contribution in [-0.4, -0.2) is 27.8 Å². The first kappa shape index (κ1) is 11.4. The van der Waals surface area contributed by atoms with Crippen LogP contribution in [0.2, 0.25) is 0 Å². The lowest BCUT2D eigenvalue weighted by atomic mass is 10.1. The van der Waals surface area contributed by atoms with Gasteiger partial charge in [-0.25, -0.2) is 4.79 Å². The Hall–Kier alpha value is -1.65. The molecule has 1 aromatic heterocycles. The maximum Gasteiger partial charge on any atom is 0.339 e. The third-order valence-corrected chi connectivity index (χ3v) is 2.21. The Morgan fingerprint density at radius 1 is 1.40 bits per heavy atom. The van der Waals surface area contributed by atoms with Crippen LogP contribution in [-0.2, 0) is 0 Å². The fraction of sp³-hybridized carbons (Fsp3) is 0.500. The van der Waals surface area contributed by atoms with Crippen molar-refractivity contribution in [3.8, 4) is 0 Å². The highest BCUT2D eigenvalue weighted by Gasteiger charge is 2.16. The third-order valence-electron chi connectivity index (χ3n) is 2.21. The Labute approximate surface area is 88.5 Å². The van der Waals surface area contributed by atoms with E-state index in [9.17, 15) is 4.79 Å². The molecule has 2 N–H and O–H groups in total. The summed E-state index contributed by atoms with van der Waals surface area (Å²) in [6.45, 7) is 6.18. The minimum atomic E-state index is -0.968. The van der Waals surface area contributed by atoms with Crippen molar-refractivity contribution in [2.24, 2.45) is 0 Å². The topological polar surface area (TPSA) is 75.1 Å². The van der Waals surface area contributed by atoms with Gasteiger partial charge in [0.2, 0.25) is 0 Å². The number of aromatic carboxylic acids is 1. The molecule has 1 rings (SSSR count). The van der Waals surface area contributed by atoms with E-state index in [0.29, 0.717) is 23.6 Å². The lowest BCUT2D eigenvalue weighted by Gasteiger charge is -2.10. The number of carbonyl (C=O) groups is 1. The average Bonchev–Trinajstić information content (AvgIpc) is 2.19. The molecular weight excluding hydrogens is 194 g/mol. The van der Waals surface area contributed by atoms with Crippen LogP contribution in [0.4, 0.5) is 5.82 Å². The number of anilines is 1. The summed E-state index contributed by atoms with van der Waals surface area (Å²) < 4.78 is 0. The molecular formula is C10H15N3O2. The molecule has 0 aromatic carbocycles. The van der Waals surface area contributed by atoms with Crippen LogP contribution < -0.4 is 5.32 Å². The molecule has 0 aliphatic heterocycles. The molecule has 0 saturated carbocycles. The van der Waals surface area contributed by atoms with Gasteiger partial charge in [0.25, 0.3) is 0 Å². The van der Waals surface area contributed by atoms with Crippen molar-refractivity contribution < 1.29 is 9.90 Å². The van der Waals surface area contributed by atoms with Gasteiger partial charge in [0.1, 0.15) is 5.56 Å². The Morgan fingerprint density at radius 3 is 2.60 bits per heavy atom. The number of hydrogen-bond donors (Lipinski definition) is 2. The molecule has 82 valence electrons. The lowest BCUT2D eigenvalue weighted by Crippen LogP contribution is -2.13. The molecule has 0 fully saturated rings. The minimum absolute atomic E-state index is 0.218. The second-order valence-corrected chi connectivity index (χ2v) is 3.37. The predicted octanol–water partition coefficient (Wildman–Crippen LogP) is 1.61. The number of carboxylic acids is 1. The SMILES string of the molecule is CCCNc1nnc(C)c(C)c1C(=O)O. The largest absolute Gasteiger partial charge is 0.478 e. The lowest BCUT2D eigenvalue weighted by molar-refractivity contribution is 0.0696. The van der Waals surface area contributed by atoms with Gasteiger partial charge in [-0.15, -0.1) is 5.10 Å². The molecule has 5 heteroatoms. The van der Waals surface area contributed by atoms with Gasteiger partial charge in [0.05, 0.1) is 5.69 Å². The molecule has 0 aliphatic carbocycles. The molecule has 0 aliphatic rings. The first-order valence-electron chi connectivity index (χ1n) is 4.89. The van der Waals surface area contributed by atoms with Crippen molar-refractivity contribution in [3.63, 3.8) is 0 Å². The van der Waals surface area contributed by atoms with Crippen LogP contribution in [0.25, 0.3) is 0 Å². The Kier molecular flexibility index (Phi) is 3.60. The second kappa shape index (κ2) is 4.72. The number of hydrogen-bond acceptors (Lipinski definition) is 4. The minimum Gasteiger partial charge on any atom is -0.478 e. The molecule has 1 heterocycles. The van der Waals surface area contributed by atoms with E-state index in [1.54, 1.807) is 13.8 Å². The average molecular weight is 209 g/mol. The fourth-order valence-electron chi connectivity index (χ4n) is 1.24. The van der Waals surface area contributed by atoms with Gasteiger partial charge in [-0.3, -0.25) is 0 Å². The van der Waals surface area contributed by atoms with Crippen LogP contribution in [0.15, 0.2) is 0 Å². The van der Waals surface area contributed by atoms with E-state index in [1.807, 2.05) is 6.92 Å². The molecule has 0 atom stereocenters. The maximum absolute atomic E-state index is 11.1. The number of nitrogens with one attached hydrogen (secondary N) is 1. The monoisotopic (exact) mass is 209 g/mol. The zero-order valence-electron chi connectivity index (χ0n) is 9.16. The second-order valence-electron chi connectivity index (χ2n) is 3.37. The normalized spacial score (nSPS) is 10.1. The van der Waals surface area contributed by atoms with Crippen LogP contribution >= 0.6 is 0 Å². The van der Waals surface area contributed by atoms with E-state index in [4.69, 9.17) is 5.11 Å². The van der Waals surface area contributed by atoms with Crippen LogP contribution in [0.3, 0.4) is 0 Å². The number of rotatable bonds is 4. The van der Waals surface area contributed by atoms with Gasteiger partial charge in [-0.1, -0.05) is 6.92 Å². The molecule has 5 nitrogen and oxygen atoms in total. The Bertz CT molecular complexity index is 377. The standard InChI is InChI=1S/C10H15N3O2/c1-4-5-11-9-8(10(14)15)6(2)7(3)12-13-9/h4-5H2,1-3H3,(H,11,13)(H,14,15). The van der Waals surface area contributed by atoms with Crippen molar-refractivity contribution in [2.45, 2.75) is 27.2 Å². The number of aromatic nitrogens is 2. The Morgan fingerprint density at radius 2 is 2.07 bits per heavy atom. The summed E-state index contributed by atoms with van der Waals surface area (Å²) in [7, 11) is 0. The molecule has 0 bridgehead atoms. The Balaban J connectivity index is 3.15. The van der Waals surface area contributed by atoms with Crippen LogP contribution in [0.1, 0.15) is 35.0 Å². The van der Waals surface area contributed by atoms with Gasteiger partial charge in [-0.05, 0) is 25.8 Å². The fourth-order valence-corrected chi connectivity index (χ4v) is 1.24. The van der Waals surface area contributed by atoms with Crippen molar-refractivity contribution in [3.05, 3.63) is 16.8 Å². The number of nitrogens with zero attached hydrogens (tertiary/aromatic N) is 2. The summed E-state index contributed by atoms with van der Waals surface area (Å²) >= 11 is 0. The third kappa shape index (κ3) is 2.43. The van der Waals surface area contributed by atoms with Gasteiger partial charge >= 0.3 is 5.97 Å². The molecule has 0 amide bonds. The summed E-state index contributed by atoms with van der Waals surface area (Å²) in [5, 5.41) is 19.8. The van der Waals surface area contributed by atoms with E-state index >= 15 is 0 Å². The van der Waals surface area contributed by atoms with E-state index in [0.717, 1.165) is 6.42 Å². The molecule has 0 saturated heterocycles. The van der Waals surface area contributed by atoms with Crippen molar-refractivity contribution in [2.75, 3.05) is 11.9 Å². The highest BCUT2D eigenvalue weighted by atomic mass is 16.4. The summed E-state index contributed by atoms with van der Waals surface area (Å²) in [4.78, 5) is 11.1. The number of aryl methyl sites for hydroxylation is 1. The zero-order chi connectivity index (χ0) is 11.4. The maximum atomic E-state index is 11.1. The molecule has 0 unspecified atom stereocenters. The first-order chi connectivity index (χ1) is 7.07. The quantitative estimate of drug-likeness (QED) is 0.788. The summed E-state index contributed by atoms with van der Waals surface area (Å²) in [5.74, 6) is -0.614. The highest BCUT2D eigenvalue weighted by Crippen LogP contribution is 2.18. The predicted molar refractivity (Wildman–Crippen MR) is 57.2 cm³/mol. The van der Waals surface area contributed by atoms with E-state index in [1.165, 1.54) is 0 Å². The van der Waals surface area contributed by atoms with Crippen LogP contribution in [0.5, 0.6) is 0 Å². The molecule has 15 heavy (non-hydrogen) atoms. The van der Waals surface area contributed by atoms with E-state index < -0.39 is 5.97 Å². The van der Waals surface area contributed by atoms with Crippen molar-refractivity contribution in [1.82, 2.24) is 10.2 Å². The summed E-state index contributed by atoms with van der Waals surface area (Å²) in [6, 6.07) is 0. The zero-order valence-corrected chi connectivity index (χ0v) is 9.16. The number of carboxylic acid groups (broad SMARTS) is 1. The molecule has 1 aromatic rings. The van der Waals surface area contributed by atoms with Gasteiger partial charge < -0.3 is 10.4 Å². The highest BCUT2D eigenvalue weighted by molar-refractivity contribution is 5.94. The van der Waals surface area contributed by atoms with E-state index in [-0.39, 0.29) is 5.56 Å². The summed E-state index contributed by atoms with van der Waals surface area (Å²) in [6.07, 6.45) is 0.910. The smallest absolute Gasteiger partial charge is 0.339 e. The summed E-state index contributed by atoms with van der Waals surface area (Å²) in [5.41, 5.74) is 1.53.